The van der Waals surface area contributed by atoms with E-state index < -0.39 is 16.1 Å². The minimum Gasteiger partial charge on any atom is -0.354 e. The molecular formula is C27H38ClN3O4S. The van der Waals surface area contributed by atoms with Crippen LogP contribution in [0, 0.1) is 6.92 Å². The van der Waals surface area contributed by atoms with Gasteiger partial charge >= 0.3 is 0 Å². The Morgan fingerprint density at radius 2 is 1.72 bits per heavy atom. The Balaban J connectivity index is 2.20. The van der Waals surface area contributed by atoms with Crippen molar-refractivity contribution in [2.45, 2.75) is 65.5 Å². The van der Waals surface area contributed by atoms with Gasteiger partial charge in [0.05, 0.1) is 11.9 Å². The third-order valence-corrected chi connectivity index (χ3v) is 7.66. The normalized spacial score (nSPS) is 12.1. The first-order valence-electron chi connectivity index (χ1n) is 12.4. The average Bonchev–Trinajstić information content (AvgIpc) is 2.83. The molecule has 0 bridgehead atoms. The molecule has 0 aliphatic heterocycles. The fraction of sp³-hybridized carbons (Fsp3) is 0.481. The van der Waals surface area contributed by atoms with Gasteiger partial charge in [0, 0.05) is 31.1 Å². The number of amides is 2. The van der Waals surface area contributed by atoms with E-state index >= 15 is 0 Å². The lowest BCUT2D eigenvalue weighted by atomic mass is 10.1. The summed E-state index contributed by atoms with van der Waals surface area (Å²) >= 11 is 6.22. The summed E-state index contributed by atoms with van der Waals surface area (Å²) in [5.41, 5.74) is 2.09. The van der Waals surface area contributed by atoms with E-state index in [-0.39, 0.29) is 24.8 Å². The molecule has 0 aliphatic rings. The van der Waals surface area contributed by atoms with Crippen molar-refractivity contribution in [1.29, 1.82) is 0 Å². The zero-order valence-electron chi connectivity index (χ0n) is 21.7. The Labute approximate surface area is 220 Å². The Morgan fingerprint density at radius 3 is 2.33 bits per heavy atom. The van der Waals surface area contributed by atoms with E-state index in [4.69, 9.17) is 11.6 Å². The molecule has 36 heavy (non-hydrogen) atoms. The minimum atomic E-state index is -3.59. The maximum Gasteiger partial charge on any atom is 0.242 e. The lowest BCUT2D eigenvalue weighted by molar-refractivity contribution is -0.141. The summed E-state index contributed by atoms with van der Waals surface area (Å²) in [4.78, 5) is 28.0. The summed E-state index contributed by atoms with van der Waals surface area (Å²) in [6, 6.07) is 14.1. The highest BCUT2D eigenvalue weighted by Gasteiger charge is 2.29. The second-order valence-corrected chi connectivity index (χ2v) is 11.2. The van der Waals surface area contributed by atoms with E-state index in [1.54, 1.807) is 30.0 Å². The molecular weight excluding hydrogens is 498 g/mol. The molecule has 0 aliphatic carbocycles. The molecule has 198 valence electrons. The van der Waals surface area contributed by atoms with Crippen LogP contribution in [0.5, 0.6) is 0 Å². The molecule has 0 saturated heterocycles. The molecule has 0 spiro atoms. The lowest BCUT2D eigenvalue weighted by Gasteiger charge is -2.31. The Morgan fingerprint density at radius 1 is 1.03 bits per heavy atom. The molecule has 2 amide bonds. The van der Waals surface area contributed by atoms with E-state index in [0.717, 1.165) is 24.7 Å². The fourth-order valence-corrected chi connectivity index (χ4v) is 5.24. The van der Waals surface area contributed by atoms with E-state index in [1.807, 2.05) is 37.3 Å². The zero-order valence-corrected chi connectivity index (χ0v) is 23.2. The van der Waals surface area contributed by atoms with Gasteiger partial charge in [-0.2, -0.15) is 0 Å². The number of nitrogens with one attached hydrogen (secondary N) is 1. The summed E-state index contributed by atoms with van der Waals surface area (Å²) in [6.07, 6.45) is 3.87. The van der Waals surface area contributed by atoms with Gasteiger partial charge < -0.3 is 10.2 Å². The van der Waals surface area contributed by atoms with E-state index in [9.17, 15) is 18.0 Å². The Hall–Kier alpha value is -2.58. The highest BCUT2D eigenvalue weighted by Crippen LogP contribution is 2.28. The molecule has 0 heterocycles. The van der Waals surface area contributed by atoms with E-state index in [2.05, 4.69) is 12.2 Å². The number of rotatable bonds is 14. The van der Waals surface area contributed by atoms with Gasteiger partial charge in [-0.3, -0.25) is 13.9 Å². The summed E-state index contributed by atoms with van der Waals surface area (Å²) < 4.78 is 26.4. The van der Waals surface area contributed by atoms with Crippen molar-refractivity contribution in [1.82, 2.24) is 10.2 Å². The van der Waals surface area contributed by atoms with Crippen LogP contribution in [0.4, 0.5) is 5.69 Å². The number of hydrogen-bond acceptors (Lipinski definition) is 4. The van der Waals surface area contributed by atoms with Gasteiger partial charge in [0.2, 0.25) is 21.8 Å². The van der Waals surface area contributed by atoms with Gasteiger partial charge in [0.15, 0.2) is 0 Å². The molecule has 2 aromatic carbocycles. The maximum atomic E-state index is 13.4. The number of unbranched alkanes of at least 4 members (excludes halogenated alkanes) is 1. The number of anilines is 1. The van der Waals surface area contributed by atoms with Crippen LogP contribution in [0.25, 0.3) is 0 Å². The largest absolute Gasteiger partial charge is 0.354 e. The van der Waals surface area contributed by atoms with Crippen LogP contribution in [-0.2, 0) is 26.2 Å². The van der Waals surface area contributed by atoms with Crippen molar-refractivity contribution in [3.05, 3.63) is 64.7 Å². The second-order valence-electron chi connectivity index (χ2n) is 8.90. The molecule has 1 atom stereocenters. The summed E-state index contributed by atoms with van der Waals surface area (Å²) in [7, 11) is -3.59. The van der Waals surface area contributed by atoms with Gasteiger partial charge in [-0.1, -0.05) is 68.3 Å². The SMILES string of the molecule is CCCCNC(=O)C(CC)N(Cc1ccccc1)C(=O)CCCN(c1cccc(Cl)c1C)S(C)(=O)=O. The van der Waals surface area contributed by atoms with Gasteiger partial charge in [0.1, 0.15) is 6.04 Å². The number of carbonyl (C=O) groups excluding carboxylic acids is 2. The molecule has 0 saturated carbocycles. The highest BCUT2D eigenvalue weighted by atomic mass is 35.5. The number of halogens is 1. The van der Waals surface area contributed by atoms with Crippen LogP contribution in [0.1, 0.15) is 57.1 Å². The molecule has 0 radical (unpaired) electrons. The van der Waals surface area contributed by atoms with Crippen LogP contribution in [0.2, 0.25) is 5.02 Å². The molecule has 1 unspecified atom stereocenters. The maximum absolute atomic E-state index is 13.4. The molecule has 2 rings (SSSR count). The van der Waals surface area contributed by atoms with Crippen LogP contribution in [0.15, 0.2) is 48.5 Å². The molecule has 7 nitrogen and oxygen atoms in total. The van der Waals surface area contributed by atoms with Crippen molar-refractivity contribution in [2.75, 3.05) is 23.7 Å². The third-order valence-electron chi connectivity index (χ3n) is 6.07. The van der Waals surface area contributed by atoms with Crippen molar-refractivity contribution in [3.63, 3.8) is 0 Å². The first-order valence-corrected chi connectivity index (χ1v) is 14.7. The third kappa shape index (κ3) is 8.52. The van der Waals surface area contributed by atoms with Crippen molar-refractivity contribution in [2.24, 2.45) is 0 Å². The number of nitrogens with zero attached hydrogens (tertiary/aromatic N) is 2. The van der Waals surface area contributed by atoms with E-state index in [1.165, 1.54) is 4.31 Å². The van der Waals surface area contributed by atoms with Gasteiger partial charge in [0.25, 0.3) is 0 Å². The smallest absolute Gasteiger partial charge is 0.242 e. The minimum absolute atomic E-state index is 0.108. The topological polar surface area (TPSA) is 86.8 Å². The molecule has 2 aromatic rings. The highest BCUT2D eigenvalue weighted by molar-refractivity contribution is 7.92. The first-order chi connectivity index (χ1) is 17.1. The monoisotopic (exact) mass is 535 g/mol. The van der Waals surface area contributed by atoms with Gasteiger partial charge in [-0.15, -0.1) is 0 Å². The Bertz CT molecular complexity index is 1110. The first kappa shape index (κ1) is 29.6. The van der Waals surface area contributed by atoms with Gasteiger partial charge in [-0.25, -0.2) is 8.42 Å². The average molecular weight is 536 g/mol. The quantitative estimate of drug-likeness (QED) is 0.348. The zero-order chi connectivity index (χ0) is 26.7. The molecule has 0 aromatic heterocycles. The van der Waals surface area contributed by atoms with Crippen LogP contribution >= 0.6 is 11.6 Å². The molecule has 9 heteroatoms. The van der Waals surface area contributed by atoms with Crippen molar-refractivity contribution in [3.8, 4) is 0 Å². The fourth-order valence-electron chi connectivity index (χ4n) is 4.05. The predicted octanol–water partition coefficient (Wildman–Crippen LogP) is 4.92. The van der Waals surface area contributed by atoms with Crippen molar-refractivity contribution >= 4 is 39.1 Å². The second kappa shape index (κ2) is 14.2. The molecule has 0 fully saturated rings. The number of carbonyl (C=O) groups is 2. The van der Waals surface area contributed by atoms with Crippen LogP contribution in [-0.4, -0.2) is 50.5 Å². The van der Waals surface area contributed by atoms with Crippen molar-refractivity contribution < 1.29 is 18.0 Å². The summed E-state index contributed by atoms with van der Waals surface area (Å²) in [5.74, 6) is -0.352. The predicted molar refractivity (Wildman–Crippen MR) is 147 cm³/mol. The standard InChI is InChI=1S/C27H38ClN3O4S/c1-5-7-18-29-27(33)24(6-2)30(20-22-13-9-8-10-14-22)26(32)17-12-19-31(36(4,34)35)25-16-11-15-23(28)21(25)3/h8-11,13-16,24H,5-7,12,17-20H2,1-4H3,(H,29,33). The van der Waals surface area contributed by atoms with E-state index in [0.29, 0.717) is 42.2 Å². The number of hydrogen-bond donors (Lipinski definition) is 1. The summed E-state index contributed by atoms with van der Waals surface area (Å²) in [5, 5.41) is 3.43. The lowest BCUT2D eigenvalue weighted by Crippen LogP contribution is -2.49. The van der Waals surface area contributed by atoms with Crippen LogP contribution in [0.3, 0.4) is 0 Å². The number of sulfonamides is 1. The summed E-state index contributed by atoms with van der Waals surface area (Å²) in [6.45, 7) is 6.72. The van der Waals surface area contributed by atoms with Gasteiger partial charge in [-0.05, 0) is 49.4 Å². The molecule has 1 N–H and O–H groups in total. The Kier molecular flexibility index (Phi) is 11.7. The number of benzene rings is 2. The van der Waals surface area contributed by atoms with Crippen LogP contribution < -0.4 is 9.62 Å².